The third kappa shape index (κ3) is 3.76. The highest BCUT2D eigenvalue weighted by Crippen LogP contribution is 2.22. The Balaban J connectivity index is 1.86. The molecule has 0 saturated heterocycles. The van der Waals surface area contributed by atoms with Gasteiger partial charge in [-0.2, -0.15) is 0 Å². The zero-order valence-electron chi connectivity index (χ0n) is 11.4. The molecular weight excluding hydrogens is 262 g/mol. The van der Waals surface area contributed by atoms with Gasteiger partial charge in [0.05, 0.1) is 6.42 Å². The molecule has 1 amide bonds. The van der Waals surface area contributed by atoms with Gasteiger partial charge in [0.2, 0.25) is 5.91 Å². The lowest BCUT2D eigenvalue weighted by atomic mass is 9.85. The van der Waals surface area contributed by atoms with Crippen molar-refractivity contribution in [1.29, 1.82) is 0 Å². The smallest absolute Gasteiger partial charge is 0.224 e. The fourth-order valence-corrected chi connectivity index (χ4v) is 2.66. The van der Waals surface area contributed by atoms with Crippen LogP contribution in [0.25, 0.3) is 0 Å². The van der Waals surface area contributed by atoms with Crippen LogP contribution in [0.4, 0.5) is 8.78 Å². The maximum atomic E-state index is 13.4. The van der Waals surface area contributed by atoms with Crippen molar-refractivity contribution in [3.63, 3.8) is 0 Å². The van der Waals surface area contributed by atoms with Crippen LogP contribution in [-0.2, 0) is 11.2 Å². The van der Waals surface area contributed by atoms with E-state index in [-0.39, 0.29) is 29.9 Å². The van der Waals surface area contributed by atoms with E-state index < -0.39 is 11.6 Å². The summed E-state index contributed by atoms with van der Waals surface area (Å²) in [4.78, 5) is 11.8. The maximum absolute atomic E-state index is 13.4. The molecule has 5 heteroatoms. The van der Waals surface area contributed by atoms with Crippen LogP contribution in [0.15, 0.2) is 18.2 Å². The predicted molar refractivity (Wildman–Crippen MR) is 73.0 cm³/mol. The molecule has 20 heavy (non-hydrogen) atoms. The van der Waals surface area contributed by atoms with Gasteiger partial charge in [-0.25, -0.2) is 8.78 Å². The number of halogens is 2. The summed E-state index contributed by atoms with van der Waals surface area (Å²) in [7, 11) is 0. The van der Waals surface area contributed by atoms with E-state index in [0.717, 1.165) is 37.8 Å². The second-order valence-electron chi connectivity index (χ2n) is 5.39. The second kappa shape index (κ2) is 6.79. The first-order valence-corrected chi connectivity index (χ1v) is 7.03. The third-order valence-corrected chi connectivity index (χ3v) is 3.93. The second-order valence-corrected chi connectivity index (χ2v) is 5.39. The van der Waals surface area contributed by atoms with E-state index in [2.05, 4.69) is 5.32 Å². The van der Waals surface area contributed by atoms with Crippen molar-refractivity contribution in [2.45, 2.75) is 38.1 Å². The van der Waals surface area contributed by atoms with Gasteiger partial charge >= 0.3 is 0 Å². The van der Waals surface area contributed by atoms with Crippen molar-refractivity contribution in [3.05, 3.63) is 35.4 Å². The number of nitrogens with one attached hydrogen (secondary N) is 1. The molecule has 1 fully saturated rings. The SMILES string of the molecule is NC1CCCCC1CNC(=O)Cc1c(F)cccc1F. The summed E-state index contributed by atoms with van der Waals surface area (Å²) in [5.74, 6) is -1.48. The van der Waals surface area contributed by atoms with Crippen molar-refractivity contribution in [1.82, 2.24) is 5.32 Å². The molecule has 1 aliphatic rings. The van der Waals surface area contributed by atoms with Gasteiger partial charge in [0, 0.05) is 18.2 Å². The number of hydrogen-bond acceptors (Lipinski definition) is 2. The van der Waals surface area contributed by atoms with Crippen molar-refractivity contribution in [2.75, 3.05) is 6.54 Å². The summed E-state index contributed by atoms with van der Waals surface area (Å²) in [5.41, 5.74) is 5.81. The molecule has 1 saturated carbocycles. The van der Waals surface area contributed by atoms with Crippen LogP contribution in [0.3, 0.4) is 0 Å². The molecule has 1 aromatic rings. The van der Waals surface area contributed by atoms with Crippen LogP contribution in [0.2, 0.25) is 0 Å². The quantitative estimate of drug-likeness (QED) is 0.889. The molecular formula is C15H20F2N2O. The van der Waals surface area contributed by atoms with Crippen molar-refractivity contribution in [3.8, 4) is 0 Å². The van der Waals surface area contributed by atoms with E-state index in [4.69, 9.17) is 5.73 Å². The molecule has 0 spiro atoms. The minimum atomic E-state index is -0.686. The summed E-state index contributed by atoms with van der Waals surface area (Å²) in [6.07, 6.45) is 3.95. The molecule has 110 valence electrons. The van der Waals surface area contributed by atoms with Crippen molar-refractivity contribution in [2.24, 2.45) is 11.7 Å². The number of carbonyl (C=O) groups excluding carboxylic acids is 1. The highest BCUT2D eigenvalue weighted by Gasteiger charge is 2.22. The van der Waals surface area contributed by atoms with Crippen LogP contribution in [0.1, 0.15) is 31.2 Å². The summed E-state index contributed by atoms with van der Waals surface area (Å²) in [5, 5.41) is 2.73. The minimum Gasteiger partial charge on any atom is -0.355 e. The van der Waals surface area contributed by atoms with Crippen LogP contribution < -0.4 is 11.1 Å². The number of carbonyl (C=O) groups is 1. The highest BCUT2D eigenvalue weighted by atomic mass is 19.1. The largest absolute Gasteiger partial charge is 0.355 e. The zero-order chi connectivity index (χ0) is 14.5. The summed E-state index contributed by atoms with van der Waals surface area (Å²) >= 11 is 0. The Morgan fingerprint density at radius 2 is 1.90 bits per heavy atom. The van der Waals surface area contributed by atoms with E-state index >= 15 is 0 Å². The lowest BCUT2D eigenvalue weighted by Gasteiger charge is -2.28. The van der Waals surface area contributed by atoms with Gasteiger partial charge in [-0.3, -0.25) is 4.79 Å². The van der Waals surface area contributed by atoms with E-state index in [1.165, 1.54) is 6.07 Å². The van der Waals surface area contributed by atoms with E-state index in [9.17, 15) is 13.6 Å². The van der Waals surface area contributed by atoms with Gasteiger partial charge in [0.25, 0.3) is 0 Å². The first-order valence-electron chi connectivity index (χ1n) is 7.03. The Kier molecular flexibility index (Phi) is 5.06. The Labute approximate surface area is 117 Å². The molecule has 1 aromatic carbocycles. The first kappa shape index (κ1) is 14.9. The molecule has 2 atom stereocenters. The number of nitrogens with two attached hydrogens (primary N) is 1. The molecule has 2 unspecified atom stereocenters. The van der Waals surface area contributed by atoms with Crippen molar-refractivity contribution >= 4 is 5.91 Å². The molecule has 2 rings (SSSR count). The minimum absolute atomic E-state index is 0.106. The Morgan fingerprint density at radius 3 is 2.55 bits per heavy atom. The maximum Gasteiger partial charge on any atom is 0.224 e. The number of hydrogen-bond donors (Lipinski definition) is 2. The zero-order valence-corrected chi connectivity index (χ0v) is 11.4. The van der Waals surface area contributed by atoms with Crippen LogP contribution in [-0.4, -0.2) is 18.5 Å². The molecule has 1 aliphatic carbocycles. The first-order chi connectivity index (χ1) is 9.58. The normalized spacial score (nSPS) is 22.6. The number of rotatable bonds is 4. The molecule has 3 nitrogen and oxygen atoms in total. The average molecular weight is 282 g/mol. The topological polar surface area (TPSA) is 55.1 Å². The predicted octanol–water partition coefficient (Wildman–Crippen LogP) is 2.14. The monoisotopic (exact) mass is 282 g/mol. The van der Waals surface area contributed by atoms with Gasteiger partial charge in [-0.1, -0.05) is 18.9 Å². The summed E-state index contributed by atoms with van der Waals surface area (Å²) in [6.45, 7) is 0.482. The third-order valence-electron chi connectivity index (χ3n) is 3.93. The van der Waals surface area contributed by atoms with E-state index in [1.807, 2.05) is 0 Å². The van der Waals surface area contributed by atoms with Gasteiger partial charge < -0.3 is 11.1 Å². The van der Waals surface area contributed by atoms with Gasteiger partial charge in [0.1, 0.15) is 11.6 Å². The van der Waals surface area contributed by atoms with E-state index in [0.29, 0.717) is 6.54 Å². The highest BCUT2D eigenvalue weighted by molar-refractivity contribution is 5.78. The lowest BCUT2D eigenvalue weighted by Crippen LogP contribution is -2.41. The Hall–Kier alpha value is -1.49. The molecule has 3 N–H and O–H groups in total. The molecule has 0 bridgehead atoms. The van der Waals surface area contributed by atoms with Crippen LogP contribution in [0.5, 0.6) is 0 Å². The average Bonchev–Trinajstić information content (AvgIpc) is 2.42. The Morgan fingerprint density at radius 1 is 1.25 bits per heavy atom. The fraction of sp³-hybridized carbons (Fsp3) is 0.533. The van der Waals surface area contributed by atoms with Crippen LogP contribution in [0, 0.1) is 17.6 Å². The summed E-state index contributed by atoms with van der Waals surface area (Å²) < 4.78 is 26.9. The molecule has 0 aromatic heterocycles. The molecule has 0 radical (unpaired) electrons. The van der Waals surface area contributed by atoms with E-state index in [1.54, 1.807) is 0 Å². The van der Waals surface area contributed by atoms with Gasteiger partial charge in [0.15, 0.2) is 0 Å². The number of amides is 1. The lowest BCUT2D eigenvalue weighted by molar-refractivity contribution is -0.120. The Bertz CT molecular complexity index is 459. The van der Waals surface area contributed by atoms with Gasteiger partial charge in [-0.15, -0.1) is 0 Å². The van der Waals surface area contributed by atoms with Crippen molar-refractivity contribution < 1.29 is 13.6 Å². The molecule has 0 aliphatic heterocycles. The number of benzene rings is 1. The fourth-order valence-electron chi connectivity index (χ4n) is 2.66. The standard InChI is InChI=1S/C15H20F2N2O/c16-12-5-3-6-13(17)11(12)8-15(20)19-9-10-4-1-2-7-14(10)18/h3,5-6,10,14H,1-2,4,7-9,18H2,(H,19,20). The van der Waals surface area contributed by atoms with Crippen LogP contribution >= 0.6 is 0 Å². The van der Waals surface area contributed by atoms with Gasteiger partial charge in [-0.05, 0) is 30.9 Å². The summed E-state index contributed by atoms with van der Waals surface area (Å²) in [6, 6.07) is 3.70. The molecule has 0 heterocycles.